The van der Waals surface area contributed by atoms with Crippen LogP contribution in [0.1, 0.15) is 25.8 Å². The van der Waals surface area contributed by atoms with Crippen LogP contribution in [-0.2, 0) is 26.0 Å². The van der Waals surface area contributed by atoms with E-state index in [0.717, 1.165) is 5.56 Å². The monoisotopic (exact) mass is 353 g/mol. The van der Waals surface area contributed by atoms with Crippen LogP contribution in [0.25, 0.3) is 0 Å². The van der Waals surface area contributed by atoms with Crippen molar-refractivity contribution < 1.29 is 18.0 Å². The molecule has 0 aromatic heterocycles. The topological polar surface area (TPSA) is 110 Å². The van der Waals surface area contributed by atoms with Crippen molar-refractivity contribution in [1.82, 2.24) is 10.2 Å². The number of hydrogen-bond donors (Lipinski definition) is 2. The zero-order valence-corrected chi connectivity index (χ0v) is 14.7. The highest BCUT2D eigenvalue weighted by atomic mass is 32.2. The van der Waals surface area contributed by atoms with Crippen LogP contribution >= 0.6 is 0 Å². The van der Waals surface area contributed by atoms with Gasteiger partial charge in [-0.2, -0.15) is 0 Å². The van der Waals surface area contributed by atoms with Crippen molar-refractivity contribution in [3.05, 3.63) is 29.8 Å². The summed E-state index contributed by atoms with van der Waals surface area (Å²) in [6.45, 7) is 4.76. The van der Waals surface area contributed by atoms with E-state index < -0.39 is 10.0 Å². The molecule has 1 aliphatic heterocycles. The Labute approximate surface area is 142 Å². The third-order valence-corrected chi connectivity index (χ3v) is 5.05. The van der Waals surface area contributed by atoms with E-state index in [-0.39, 0.29) is 35.1 Å². The van der Waals surface area contributed by atoms with Gasteiger partial charge in [-0.05, 0) is 38.0 Å². The predicted molar refractivity (Wildman–Crippen MR) is 89.5 cm³/mol. The Morgan fingerprint density at radius 2 is 1.96 bits per heavy atom. The van der Waals surface area contributed by atoms with E-state index in [1.807, 2.05) is 13.8 Å². The highest BCUT2D eigenvalue weighted by molar-refractivity contribution is 7.89. The summed E-state index contributed by atoms with van der Waals surface area (Å²) in [5, 5.41) is 7.88. The van der Waals surface area contributed by atoms with E-state index in [1.54, 1.807) is 17.0 Å². The number of sulfonamides is 1. The number of primary sulfonamides is 1. The molecule has 1 heterocycles. The fraction of sp³-hybridized carbons (Fsp3) is 0.500. The molecule has 132 valence electrons. The Morgan fingerprint density at radius 1 is 1.33 bits per heavy atom. The van der Waals surface area contributed by atoms with Crippen LogP contribution in [0.5, 0.6) is 0 Å². The molecule has 1 atom stereocenters. The minimum absolute atomic E-state index is 0.0173. The number of nitrogens with zero attached hydrogens (tertiary/aromatic N) is 1. The second-order valence-electron chi connectivity index (χ2n) is 6.27. The number of benzene rings is 1. The van der Waals surface area contributed by atoms with E-state index in [4.69, 9.17) is 5.14 Å². The summed E-state index contributed by atoms with van der Waals surface area (Å²) in [5.41, 5.74) is 0.897. The predicted octanol–water partition coefficient (Wildman–Crippen LogP) is 0.250. The van der Waals surface area contributed by atoms with Crippen molar-refractivity contribution in [1.29, 1.82) is 0 Å². The third-order valence-electron chi connectivity index (χ3n) is 4.12. The first-order valence-electron chi connectivity index (χ1n) is 7.87. The summed E-state index contributed by atoms with van der Waals surface area (Å²) in [6, 6.07) is 6.34. The Morgan fingerprint density at radius 3 is 2.46 bits per heavy atom. The van der Waals surface area contributed by atoms with Crippen molar-refractivity contribution >= 4 is 21.8 Å². The van der Waals surface area contributed by atoms with Crippen LogP contribution in [0.2, 0.25) is 0 Å². The lowest BCUT2D eigenvalue weighted by molar-refractivity contribution is -0.129. The molecule has 1 fully saturated rings. The highest BCUT2D eigenvalue weighted by Crippen LogP contribution is 2.20. The number of carbonyl (C=O) groups excluding carboxylic acids is 2. The Bertz CT molecular complexity index is 713. The van der Waals surface area contributed by atoms with Gasteiger partial charge in [-0.25, -0.2) is 13.6 Å². The van der Waals surface area contributed by atoms with Crippen LogP contribution < -0.4 is 10.5 Å². The van der Waals surface area contributed by atoms with Crippen molar-refractivity contribution in [2.75, 3.05) is 13.1 Å². The highest BCUT2D eigenvalue weighted by Gasteiger charge is 2.35. The molecule has 24 heavy (non-hydrogen) atoms. The van der Waals surface area contributed by atoms with Crippen molar-refractivity contribution in [3.8, 4) is 0 Å². The second-order valence-corrected chi connectivity index (χ2v) is 7.83. The number of nitrogens with one attached hydrogen (secondary N) is 1. The van der Waals surface area contributed by atoms with Gasteiger partial charge in [-0.1, -0.05) is 12.1 Å². The summed E-state index contributed by atoms with van der Waals surface area (Å²) < 4.78 is 22.4. The summed E-state index contributed by atoms with van der Waals surface area (Å²) in [4.78, 5) is 25.8. The normalized spacial score (nSPS) is 18.2. The molecular formula is C16H23N3O4S. The first-order chi connectivity index (χ1) is 11.2. The number of amides is 2. The molecule has 7 nitrogen and oxygen atoms in total. The fourth-order valence-electron chi connectivity index (χ4n) is 2.73. The second kappa shape index (κ2) is 7.31. The van der Waals surface area contributed by atoms with Gasteiger partial charge in [-0.15, -0.1) is 0 Å². The summed E-state index contributed by atoms with van der Waals surface area (Å²) in [7, 11) is -3.69. The average Bonchev–Trinajstić information content (AvgIpc) is 2.89. The van der Waals surface area contributed by atoms with Crippen LogP contribution in [0.4, 0.5) is 0 Å². The molecule has 0 unspecified atom stereocenters. The molecule has 3 N–H and O–H groups in total. The molecule has 2 rings (SSSR count). The van der Waals surface area contributed by atoms with Gasteiger partial charge >= 0.3 is 0 Å². The molecule has 0 bridgehead atoms. The van der Waals surface area contributed by atoms with Gasteiger partial charge in [0, 0.05) is 25.6 Å². The number of likely N-dealkylation sites (tertiary alicyclic amines) is 1. The lowest BCUT2D eigenvalue weighted by Gasteiger charge is -2.20. The maximum Gasteiger partial charge on any atom is 0.238 e. The van der Waals surface area contributed by atoms with Crippen LogP contribution in [0.3, 0.4) is 0 Å². The molecule has 0 spiro atoms. The van der Waals surface area contributed by atoms with Gasteiger partial charge in [0.15, 0.2) is 0 Å². The lowest BCUT2D eigenvalue weighted by Crippen LogP contribution is -2.36. The van der Waals surface area contributed by atoms with Crippen LogP contribution in [0, 0.1) is 5.92 Å². The fourth-order valence-corrected chi connectivity index (χ4v) is 3.24. The minimum Gasteiger partial charge on any atom is -0.355 e. The summed E-state index contributed by atoms with van der Waals surface area (Å²) >= 11 is 0. The third kappa shape index (κ3) is 4.55. The first kappa shape index (κ1) is 18.4. The van der Waals surface area contributed by atoms with Crippen molar-refractivity contribution in [3.63, 3.8) is 0 Å². The lowest BCUT2D eigenvalue weighted by atomic mass is 10.1. The van der Waals surface area contributed by atoms with E-state index in [9.17, 15) is 18.0 Å². The molecule has 0 radical (unpaired) electrons. The van der Waals surface area contributed by atoms with Gasteiger partial charge in [0.2, 0.25) is 21.8 Å². The molecule has 0 saturated carbocycles. The van der Waals surface area contributed by atoms with E-state index >= 15 is 0 Å². The van der Waals surface area contributed by atoms with E-state index in [1.165, 1.54) is 12.1 Å². The average molecular weight is 353 g/mol. The molecule has 1 saturated heterocycles. The number of carbonyl (C=O) groups is 2. The van der Waals surface area contributed by atoms with Gasteiger partial charge in [-0.3, -0.25) is 9.59 Å². The molecule has 8 heteroatoms. The number of rotatable bonds is 6. The number of hydrogen-bond acceptors (Lipinski definition) is 4. The quantitative estimate of drug-likeness (QED) is 0.764. The standard InChI is InChI=1S/C16H23N3O4S/c1-11(2)19-10-13(9-15(19)20)16(21)18-8-7-12-3-5-14(6-4-12)24(17,22)23/h3-6,11,13H,7-10H2,1-2H3,(H,18,21)(H2,17,22,23)/t13-/m0/s1. The van der Waals surface area contributed by atoms with Gasteiger partial charge < -0.3 is 10.2 Å². The number of nitrogens with two attached hydrogens (primary N) is 1. The first-order valence-corrected chi connectivity index (χ1v) is 9.42. The maximum absolute atomic E-state index is 12.1. The van der Waals surface area contributed by atoms with Crippen molar-refractivity contribution in [2.45, 2.75) is 37.6 Å². The zero-order chi connectivity index (χ0) is 17.9. The Hall–Kier alpha value is -1.93. The molecule has 2 amide bonds. The summed E-state index contributed by atoms with van der Waals surface area (Å²) in [5.74, 6) is -0.402. The van der Waals surface area contributed by atoms with Crippen LogP contribution in [-0.4, -0.2) is 44.3 Å². The van der Waals surface area contributed by atoms with Crippen LogP contribution in [0.15, 0.2) is 29.2 Å². The van der Waals surface area contributed by atoms with E-state index in [2.05, 4.69) is 5.32 Å². The molecule has 0 aliphatic carbocycles. The Balaban J connectivity index is 1.82. The molecular weight excluding hydrogens is 330 g/mol. The largest absolute Gasteiger partial charge is 0.355 e. The SMILES string of the molecule is CC(C)N1C[C@@H](C(=O)NCCc2ccc(S(N)(=O)=O)cc2)CC1=O. The summed E-state index contributed by atoms with van der Waals surface area (Å²) in [6.07, 6.45) is 0.832. The Kier molecular flexibility index (Phi) is 5.61. The van der Waals surface area contributed by atoms with Gasteiger partial charge in [0.25, 0.3) is 0 Å². The van der Waals surface area contributed by atoms with Crippen molar-refractivity contribution in [2.24, 2.45) is 11.1 Å². The van der Waals surface area contributed by atoms with E-state index in [0.29, 0.717) is 19.5 Å². The van der Waals surface area contributed by atoms with Gasteiger partial charge in [0.05, 0.1) is 10.8 Å². The zero-order valence-electron chi connectivity index (χ0n) is 13.9. The smallest absolute Gasteiger partial charge is 0.238 e. The van der Waals surface area contributed by atoms with Gasteiger partial charge in [0.1, 0.15) is 0 Å². The minimum atomic E-state index is -3.69. The molecule has 1 aromatic rings. The molecule has 1 aromatic carbocycles. The maximum atomic E-state index is 12.1. The molecule has 1 aliphatic rings.